The van der Waals surface area contributed by atoms with Crippen LogP contribution < -0.4 is 10.2 Å². The second-order valence-corrected chi connectivity index (χ2v) is 7.51. The Morgan fingerprint density at radius 2 is 1.96 bits per heavy atom. The van der Waals surface area contributed by atoms with Crippen LogP contribution in [0.25, 0.3) is 0 Å². The van der Waals surface area contributed by atoms with E-state index >= 15 is 0 Å². The molecule has 5 heteroatoms. The van der Waals surface area contributed by atoms with Crippen LogP contribution in [-0.4, -0.2) is 54.1 Å². The first-order valence-electron chi connectivity index (χ1n) is 9.51. The quantitative estimate of drug-likeness (QED) is 0.899. The number of nitrogens with one attached hydrogen (secondary N) is 1. The third-order valence-corrected chi connectivity index (χ3v) is 5.61. The minimum atomic E-state index is 0.123. The summed E-state index contributed by atoms with van der Waals surface area (Å²) in [7, 11) is 0. The van der Waals surface area contributed by atoms with E-state index in [9.17, 15) is 4.79 Å². The van der Waals surface area contributed by atoms with E-state index in [-0.39, 0.29) is 18.0 Å². The number of carbonyl (C=O) groups excluding carboxylic acids is 1. The Labute approximate surface area is 144 Å². The van der Waals surface area contributed by atoms with E-state index in [0.29, 0.717) is 5.92 Å². The molecule has 5 nitrogen and oxygen atoms in total. The van der Waals surface area contributed by atoms with Crippen molar-refractivity contribution in [2.45, 2.75) is 50.6 Å². The molecule has 0 spiro atoms. The average Bonchev–Trinajstić information content (AvgIpc) is 3.30. The fraction of sp³-hybridized carbons (Fsp3) is 0.684. The van der Waals surface area contributed by atoms with E-state index in [4.69, 9.17) is 0 Å². The van der Waals surface area contributed by atoms with Crippen molar-refractivity contribution in [3.63, 3.8) is 0 Å². The maximum atomic E-state index is 12.9. The van der Waals surface area contributed by atoms with Crippen LogP contribution in [0.2, 0.25) is 0 Å². The molecule has 2 saturated heterocycles. The summed E-state index contributed by atoms with van der Waals surface area (Å²) < 4.78 is 0. The topological polar surface area (TPSA) is 48.5 Å². The molecule has 1 aliphatic carbocycles. The third-order valence-electron chi connectivity index (χ3n) is 5.61. The summed E-state index contributed by atoms with van der Waals surface area (Å²) in [4.78, 5) is 22.1. The molecule has 2 unspecified atom stereocenters. The number of amides is 1. The van der Waals surface area contributed by atoms with Crippen LogP contribution in [0.5, 0.6) is 0 Å². The molecule has 0 aromatic carbocycles. The van der Waals surface area contributed by atoms with Crippen molar-refractivity contribution >= 4 is 11.7 Å². The summed E-state index contributed by atoms with van der Waals surface area (Å²) in [6.07, 6.45) is 8.96. The van der Waals surface area contributed by atoms with Crippen LogP contribution in [-0.2, 0) is 4.79 Å². The van der Waals surface area contributed by atoms with E-state index in [0.717, 1.165) is 44.8 Å². The lowest BCUT2D eigenvalue weighted by atomic mass is 10.0. The van der Waals surface area contributed by atoms with Crippen LogP contribution in [0.15, 0.2) is 24.4 Å². The van der Waals surface area contributed by atoms with Crippen molar-refractivity contribution in [1.82, 2.24) is 15.2 Å². The average molecular weight is 328 g/mol. The molecular formula is C19H28N4O. The van der Waals surface area contributed by atoms with Gasteiger partial charge in [-0.05, 0) is 69.7 Å². The minimum Gasteiger partial charge on any atom is -0.355 e. The highest BCUT2D eigenvalue weighted by molar-refractivity contribution is 5.83. The highest BCUT2D eigenvalue weighted by Crippen LogP contribution is 2.36. The lowest BCUT2D eigenvalue weighted by molar-refractivity contribution is -0.127. The van der Waals surface area contributed by atoms with Crippen molar-refractivity contribution in [3.8, 4) is 0 Å². The van der Waals surface area contributed by atoms with Crippen molar-refractivity contribution in [1.29, 1.82) is 0 Å². The van der Waals surface area contributed by atoms with E-state index in [1.807, 2.05) is 18.3 Å². The fourth-order valence-corrected chi connectivity index (χ4v) is 4.24. The van der Waals surface area contributed by atoms with Crippen LogP contribution >= 0.6 is 0 Å². The number of carbonyl (C=O) groups is 1. The molecule has 2 aliphatic heterocycles. The number of nitrogens with zero attached hydrogens (tertiary/aromatic N) is 3. The van der Waals surface area contributed by atoms with Gasteiger partial charge in [-0.2, -0.15) is 0 Å². The Balaban J connectivity index is 1.37. The molecule has 0 radical (unpaired) electrons. The van der Waals surface area contributed by atoms with Gasteiger partial charge in [0.2, 0.25) is 5.91 Å². The monoisotopic (exact) mass is 328 g/mol. The SMILES string of the molecule is O=C(NC1CCCN(c2ccccn2)C1)C(C1CC1)N1CCCC1. The van der Waals surface area contributed by atoms with Gasteiger partial charge in [-0.15, -0.1) is 0 Å². The number of hydrogen-bond acceptors (Lipinski definition) is 4. The molecule has 130 valence electrons. The molecule has 1 amide bonds. The summed E-state index contributed by atoms with van der Waals surface area (Å²) in [5, 5.41) is 3.37. The van der Waals surface area contributed by atoms with Gasteiger partial charge < -0.3 is 10.2 Å². The van der Waals surface area contributed by atoms with Crippen molar-refractivity contribution in [2.75, 3.05) is 31.1 Å². The van der Waals surface area contributed by atoms with Gasteiger partial charge in [0.1, 0.15) is 5.82 Å². The van der Waals surface area contributed by atoms with E-state index in [1.54, 1.807) is 0 Å². The largest absolute Gasteiger partial charge is 0.355 e. The first kappa shape index (κ1) is 15.9. The van der Waals surface area contributed by atoms with Gasteiger partial charge in [-0.3, -0.25) is 9.69 Å². The van der Waals surface area contributed by atoms with E-state index in [2.05, 4.69) is 26.2 Å². The minimum absolute atomic E-state index is 0.123. The molecule has 1 aromatic heterocycles. The predicted octanol–water partition coefficient (Wildman–Crippen LogP) is 2.04. The standard InChI is InChI=1S/C19H28N4O/c24-19(18(15-8-9-15)22-11-3-4-12-22)21-16-6-5-13-23(14-16)17-7-1-2-10-20-17/h1-2,7,10,15-16,18H,3-6,8-9,11-14H2,(H,21,24). The lowest BCUT2D eigenvalue weighted by Crippen LogP contribution is -2.54. The number of hydrogen-bond donors (Lipinski definition) is 1. The highest BCUT2D eigenvalue weighted by atomic mass is 16.2. The summed E-state index contributed by atoms with van der Waals surface area (Å²) in [5.74, 6) is 1.89. The number of likely N-dealkylation sites (tertiary alicyclic amines) is 1. The molecule has 24 heavy (non-hydrogen) atoms. The molecule has 1 aromatic rings. The number of rotatable bonds is 5. The number of aromatic nitrogens is 1. The smallest absolute Gasteiger partial charge is 0.237 e. The van der Waals surface area contributed by atoms with Gasteiger partial charge in [-0.25, -0.2) is 4.98 Å². The van der Waals surface area contributed by atoms with Gasteiger partial charge in [0.05, 0.1) is 6.04 Å². The van der Waals surface area contributed by atoms with Gasteiger partial charge >= 0.3 is 0 Å². The molecule has 1 saturated carbocycles. The van der Waals surface area contributed by atoms with E-state index in [1.165, 1.54) is 25.7 Å². The molecule has 0 bridgehead atoms. The first-order chi connectivity index (χ1) is 11.8. The molecular weight excluding hydrogens is 300 g/mol. The Morgan fingerprint density at radius 1 is 1.12 bits per heavy atom. The molecule has 3 fully saturated rings. The highest BCUT2D eigenvalue weighted by Gasteiger charge is 2.41. The summed E-state index contributed by atoms with van der Waals surface area (Å²) in [5.41, 5.74) is 0. The Bertz CT molecular complexity index is 554. The second kappa shape index (κ2) is 7.09. The second-order valence-electron chi connectivity index (χ2n) is 7.51. The Kier molecular flexibility index (Phi) is 4.69. The molecule has 1 N–H and O–H groups in total. The fourth-order valence-electron chi connectivity index (χ4n) is 4.24. The normalized spacial score (nSPS) is 26.3. The third kappa shape index (κ3) is 3.56. The van der Waals surface area contributed by atoms with Crippen LogP contribution in [0.1, 0.15) is 38.5 Å². The van der Waals surface area contributed by atoms with Gasteiger partial charge in [-0.1, -0.05) is 6.07 Å². The Hall–Kier alpha value is -1.62. The summed E-state index contributed by atoms with van der Waals surface area (Å²) in [6.45, 7) is 4.10. The summed E-state index contributed by atoms with van der Waals surface area (Å²) in [6, 6.07) is 6.40. The number of piperidine rings is 1. The molecule has 2 atom stereocenters. The van der Waals surface area contributed by atoms with Crippen LogP contribution in [0.4, 0.5) is 5.82 Å². The lowest BCUT2D eigenvalue weighted by Gasteiger charge is -2.35. The van der Waals surface area contributed by atoms with Gasteiger partial charge in [0, 0.05) is 25.3 Å². The zero-order valence-corrected chi connectivity index (χ0v) is 14.4. The van der Waals surface area contributed by atoms with Crippen molar-refractivity contribution in [3.05, 3.63) is 24.4 Å². The zero-order chi connectivity index (χ0) is 16.4. The predicted molar refractivity (Wildman–Crippen MR) is 94.9 cm³/mol. The summed E-state index contributed by atoms with van der Waals surface area (Å²) >= 11 is 0. The Morgan fingerprint density at radius 3 is 2.67 bits per heavy atom. The van der Waals surface area contributed by atoms with Crippen LogP contribution in [0, 0.1) is 5.92 Å². The van der Waals surface area contributed by atoms with Gasteiger partial charge in [0.15, 0.2) is 0 Å². The molecule has 4 rings (SSSR count). The number of anilines is 1. The van der Waals surface area contributed by atoms with Crippen LogP contribution in [0.3, 0.4) is 0 Å². The number of pyridine rings is 1. The maximum Gasteiger partial charge on any atom is 0.237 e. The molecule has 3 aliphatic rings. The maximum absolute atomic E-state index is 12.9. The first-order valence-corrected chi connectivity index (χ1v) is 9.51. The van der Waals surface area contributed by atoms with Gasteiger partial charge in [0.25, 0.3) is 0 Å². The van der Waals surface area contributed by atoms with Crippen molar-refractivity contribution in [2.24, 2.45) is 5.92 Å². The molecule has 3 heterocycles. The van der Waals surface area contributed by atoms with Crippen molar-refractivity contribution < 1.29 is 4.79 Å². The van der Waals surface area contributed by atoms with E-state index < -0.39 is 0 Å². The zero-order valence-electron chi connectivity index (χ0n) is 14.4.